The second-order valence-corrected chi connectivity index (χ2v) is 7.19. The van der Waals surface area contributed by atoms with Gasteiger partial charge in [0.05, 0.1) is 5.69 Å². The molecule has 0 radical (unpaired) electrons. The first-order valence-electron chi connectivity index (χ1n) is 9.92. The molecule has 3 nitrogen and oxygen atoms in total. The van der Waals surface area contributed by atoms with E-state index in [2.05, 4.69) is 6.58 Å². The minimum Gasteiger partial charge on any atom is -0.459 e. The Morgan fingerprint density at radius 3 is 2.55 bits per heavy atom. The molecule has 1 heterocycles. The van der Waals surface area contributed by atoms with Gasteiger partial charge < -0.3 is 14.7 Å². The van der Waals surface area contributed by atoms with Crippen molar-refractivity contribution < 1.29 is 18.6 Å². The van der Waals surface area contributed by atoms with Gasteiger partial charge in [0, 0.05) is 13.0 Å². The molecular formula is C24H27F2NO2. The minimum atomic E-state index is -3.56. The van der Waals surface area contributed by atoms with E-state index in [1.165, 1.54) is 11.0 Å². The van der Waals surface area contributed by atoms with Crippen LogP contribution in [0.4, 0.5) is 14.5 Å². The zero-order valence-corrected chi connectivity index (χ0v) is 16.6. The fraction of sp³-hybridized carbons (Fsp3) is 0.333. The second-order valence-electron chi connectivity index (χ2n) is 7.19. The number of ether oxygens (including phenoxy) is 1. The number of halogens is 2. The number of hydrogen-bond acceptors (Lipinski definition) is 3. The highest BCUT2D eigenvalue weighted by molar-refractivity contribution is 5.65. The van der Waals surface area contributed by atoms with Gasteiger partial charge in [-0.05, 0) is 30.2 Å². The summed E-state index contributed by atoms with van der Waals surface area (Å²) in [6, 6.07) is 16.0. The third kappa shape index (κ3) is 3.92. The van der Waals surface area contributed by atoms with E-state index in [1.807, 2.05) is 25.1 Å². The van der Waals surface area contributed by atoms with Gasteiger partial charge in [-0.2, -0.15) is 8.78 Å². The first-order valence-corrected chi connectivity index (χ1v) is 9.92. The number of hydrogen-bond donors (Lipinski definition) is 1. The molecule has 2 aromatic carbocycles. The van der Waals surface area contributed by atoms with Crippen molar-refractivity contribution in [3.05, 3.63) is 78.9 Å². The van der Waals surface area contributed by atoms with Crippen LogP contribution < -0.4 is 9.64 Å². The molecule has 1 aliphatic rings. The summed E-state index contributed by atoms with van der Waals surface area (Å²) in [5, 5.41) is 10.6. The molecule has 2 atom stereocenters. The Morgan fingerprint density at radius 2 is 1.86 bits per heavy atom. The molecule has 0 saturated heterocycles. The summed E-state index contributed by atoms with van der Waals surface area (Å²) in [6.07, 6.45) is 3.56. The van der Waals surface area contributed by atoms with E-state index in [4.69, 9.17) is 4.74 Å². The maximum Gasteiger partial charge on any atom is 0.334 e. The van der Waals surface area contributed by atoms with E-state index in [9.17, 15) is 5.11 Å². The number of alkyl halides is 2. The van der Waals surface area contributed by atoms with Crippen LogP contribution in [0.1, 0.15) is 31.7 Å². The molecule has 0 bridgehead atoms. The largest absolute Gasteiger partial charge is 0.459 e. The topological polar surface area (TPSA) is 32.7 Å². The summed E-state index contributed by atoms with van der Waals surface area (Å²) in [5.41, 5.74) is -0.660. The molecule has 29 heavy (non-hydrogen) atoms. The average molecular weight is 399 g/mol. The predicted octanol–water partition coefficient (Wildman–Crippen LogP) is 5.67. The van der Waals surface area contributed by atoms with Crippen molar-refractivity contribution >= 4 is 11.8 Å². The Kier molecular flexibility index (Phi) is 6.38. The van der Waals surface area contributed by atoms with Crippen molar-refractivity contribution in [2.24, 2.45) is 0 Å². The molecule has 0 saturated carbocycles. The van der Waals surface area contributed by atoms with Gasteiger partial charge in [-0.1, -0.05) is 68.0 Å². The van der Waals surface area contributed by atoms with Gasteiger partial charge in [0.15, 0.2) is 0 Å². The number of rotatable bonds is 9. The Labute approximate surface area is 170 Å². The van der Waals surface area contributed by atoms with E-state index in [0.29, 0.717) is 17.9 Å². The van der Waals surface area contributed by atoms with Crippen LogP contribution in [0.2, 0.25) is 0 Å². The fourth-order valence-electron chi connectivity index (χ4n) is 3.71. The summed E-state index contributed by atoms with van der Waals surface area (Å²) in [5.74, 6) is -3.17. The van der Waals surface area contributed by atoms with Crippen molar-refractivity contribution in [2.75, 3.05) is 11.4 Å². The van der Waals surface area contributed by atoms with Crippen molar-refractivity contribution in [2.45, 2.75) is 43.9 Å². The zero-order chi connectivity index (χ0) is 20.9. The van der Waals surface area contributed by atoms with E-state index in [0.717, 1.165) is 18.1 Å². The number of fused-ring (bicyclic) bond motifs is 1. The number of aliphatic hydroxyl groups excluding tert-OH is 1. The van der Waals surface area contributed by atoms with Crippen molar-refractivity contribution in [3.63, 3.8) is 0 Å². The summed E-state index contributed by atoms with van der Waals surface area (Å²) >= 11 is 0. The average Bonchev–Trinajstić information content (AvgIpc) is 3.06. The lowest BCUT2D eigenvalue weighted by Crippen LogP contribution is -2.66. The maximum atomic E-state index is 15.8. The molecule has 1 N–H and O–H groups in total. The second kappa shape index (κ2) is 8.78. The highest BCUT2D eigenvalue weighted by Crippen LogP contribution is 2.52. The van der Waals surface area contributed by atoms with Crippen molar-refractivity contribution in [1.82, 2.24) is 0 Å². The van der Waals surface area contributed by atoms with Crippen LogP contribution in [0.3, 0.4) is 0 Å². The Morgan fingerprint density at radius 1 is 1.17 bits per heavy atom. The molecule has 0 fully saturated rings. The molecule has 0 aliphatic carbocycles. The number of para-hydroxylation sites is 2. The van der Waals surface area contributed by atoms with Gasteiger partial charge in [0.25, 0.3) is 0 Å². The van der Waals surface area contributed by atoms with Crippen LogP contribution in [-0.4, -0.2) is 29.4 Å². The van der Waals surface area contributed by atoms with Crippen molar-refractivity contribution in [1.29, 1.82) is 0 Å². The first-order chi connectivity index (χ1) is 14.0. The summed E-state index contributed by atoms with van der Waals surface area (Å²) < 4.78 is 37.6. The molecule has 2 aromatic rings. The van der Waals surface area contributed by atoms with Gasteiger partial charge in [-0.25, -0.2) is 0 Å². The highest BCUT2D eigenvalue weighted by Gasteiger charge is 2.65. The third-order valence-electron chi connectivity index (χ3n) is 5.21. The Bertz CT molecular complexity index is 853. The summed E-state index contributed by atoms with van der Waals surface area (Å²) in [4.78, 5) is 1.53. The lowest BCUT2D eigenvalue weighted by molar-refractivity contribution is -0.204. The smallest absolute Gasteiger partial charge is 0.334 e. The molecule has 0 spiro atoms. The van der Waals surface area contributed by atoms with Crippen LogP contribution >= 0.6 is 0 Å². The first kappa shape index (κ1) is 21.1. The van der Waals surface area contributed by atoms with Crippen LogP contribution in [0.5, 0.6) is 5.75 Å². The molecule has 0 aromatic heterocycles. The molecule has 3 rings (SSSR count). The fourth-order valence-corrected chi connectivity index (χ4v) is 3.71. The standard InChI is InChI=1S/C24H27F2NO2/c1-3-5-17-23(27(18-4-2)20-13-9-10-14-21(20)29-23)24(25,26)22(28)16-15-19-11-7-6-8-12-19/h4,6-16,22,28H,2-3,5,17-18H2,1H3/b16-15+. The van der Waals surface area contributed by atoms with Crippen LogP contribution in [0.25, 0.3) is 6.08 Å². The van der Waals surface area contributed by atoms with E-state index in [-0.39, 0.29) is 13.0 Å². The third-order valence-corrected chi connectivity index (χ3v) is 5.21. The van der Waals surface area contributed by atoms with Gasteiger partial charge in [-0.3, -0.25) is 0 Å². The van der Waals surface area contributed by atoms with E-state index in [1.54, 1.807) is 42.5 Å². The summed E-state index contributed by atoms with van der Waals surface area (Å²) in [7, 11) is 0. The number of unbranched alkanes of at least 4 members (excludes halogenated alkanes) is 1. The number of anilines is 1. The van der Waals surface area contributed by atoms with E-state index >= 15 is 8.78 Å². The molecule has 1 aliphatic heterocycles. The summed E-state index contributed by atoms with van der Waals surface area (Å²) in [6.45, 7) is 5.86. The van der Waals surface area contributed by atoms with Crippen LogP contribution in [-0.2, 0) is 0 Å². The maximum absolute atomic E-state index is 15.8. The van der Waals surface area contributed by atoms with Gasteiger partial charge in [-0.15, -0.1) is 6.58 Å². The van der Waals surface area contributed by atoms with Gasteiger partial charge in [0.2, 0.25) is 5.72 Å². The monoisotopic (exact) mass is 399 g/mol. The number of aliphatic hydroxyl groups is 1. The zero-order valence-electron chi connectivity index (χ0n) is 16.6. The SMILES string of the molecule is C=CCN1c2ccccc2OC1(CCCC)C(F)(F)C(O)/C=C/c1ccccc1. The molecular weight excluding hydrogens is 372 g/mol. The molecule has 0 amide bonds. The lowest BCUT2D eigenvalue weighted by Gasteiger charge is -2.44. The van der Waals surface area contributed by atoms with Gasteiger partial charge >= 0.3 is 5.92 Å². The number of benzene rings is 2. The molecule has 2 unspecified atom stereocenters. The Hall–Kier alpha value is -2.66. The lowest BCUT2D eigenvalue weighted by atomic mass is 9.92. The molecule has 5 heteroatoms. The number of nitrogens with zero attached hydrogens (tertiary/aromatic N) is 1. The molecule has 154 valence electrons. The normalized spacial score (nSPS) is 19.8. The minimum absolute atomic E-state index is 0.0786. The predicted molar refractivity (Wildman–Crippen MR) is 113 cm³/mol. The Balaban J connectivity index is 2.00. The van der Waals surface area contributed by atoms with Gasteiger partial charge in [0.1, 0.15) is 11.9 Å². The van der Waals surface area contributed by atoms with Crippen LogP contribution in [0, 0.1) is 0 Å². The highest BCUT2D eigenvalue weighted by atomic mass is 19.3. The quantitative estimate of drug-likeness (QED) is 0.552. The van der Waals surface area contributed by atoms with E-state index < -0.39 is 17.8 Å². The van der Waals surface area contributed by atoms with Crippen LogP contribution in [0.15, 0.2) is 73.3 Å². The van der Waals surface area contributed by atoms with Crippen molar-refractivity contribution in [3.8, 4) is 5.75 Å².